The zero-order valence-electron chi connectivity index (χ0n) is 19.1. The Morgan fingerprint density at radius 2 is 1.88 bits per heavy atom. The number of sulfonamides is 1. The molecule has 1 amide bonds. The molecule has 2 aromatic rings. The van der Waals surface area contributed by atoms with Crippen LogP contribution in [-0.4, -0.2) is 91.0 Å². The summed E-state index contributed by atoms with van der Waals surface area (Å²) in [6.45, 7) is 2.81. The van der Waals surface area contributed by atoms with E-state index < -0.39 is 22.7 Å². The van der Waals surface area contributed by atoms with Crippen molar-refractivity contribution in [3.63, 3.8) is 0 Å². The Bertz CT molecular complexity index is 1100. The van der Waals surface area contributed by atoms with Crippen molar-refractivity contribution in [2.45, 2.75) is 43.8 Å². The number of benzene rings is 1. The van der Waals surface area contributed by atoms with Gasteiger partial charge in [0.25, 0.3) is 0 Å². The van der Waals surface area contributed by atoms with Crippen LogP contribution in [0.15, 0.2) is 23.1 Å². The molecule has 1 saturated heterocycles. The normalized spacial score (nSPS) is 16.5. The van der Waals surface area contributed by atoms with Gasteiger partial charge in [-0.15, -0.1) is 0 Å². The molecule has 0 saturated carbocycles. The molecule has 33 heavy (non-hydrogen) atoms. The predicted octanol–water partition coefficient (Wildman–Crippen LogP) is 2.34. The van der Waals surface area contributed by atoms with Gasteiger partial charge in [0.05, 0.1) is 22.5 Å². The average molecular weight is 490 g/mol. The molecule has 3 rings (SSSR count). The Morgan fingerprint density at radius 1 is 1.15 bits per heavy atom. The topological polar surface area (TPSA) is 78.8 Å². The third kappa shape index (κ3) is 6.04. The minimum absolute atomic E-state index is 0.116. The Morgan fingerprint density at radius 3 is 2.52 bits per heavy atom. The van der Waals surface area contributed by atoms with Crippen LogP contribution in [0, 0.1) is 0 Å². The molecule has 0 unspecified atom stereocenters. The van der Waals surface area contributed by atoms with Gasteiger partial charge in [-0.3, -0.25) is 9.69 Å². The average Bonchev–Trinajstić information content (AvgIpc) is 2.92. The van der Waals surface area contributed by atoms with Gasteiger partial charge < -0.3 is 9.47 Å². The first-order chi connectivity index (χ1) is 15.4. The Hall–Kier alpha value is -2.18. The second-order valence-electron chi connectivity index (χ2n) is 8.34. The van der Waals surface area contributed by atoms with Crippen LogP contribution in [0.3, 0.4) is 0 Å². The number of carbonyl (C=O) groups is 1. The molecule has 1 aliphatic rings. The number of imidazole rings is 1. The van der Waals surface area contributed by atoms with Crippen LogP contribution in [0.1, 0.15) is 25.6 Å². The number of nitrogens with zero attached hydrogens (tertiary/aromatic N) is 5. The molecule has 0 aliphatic carbocycles. The lowest BCUT2D eigenvalue weighted by molar-refractivity contribution is -0.145. The lowest BCUT2D eigenvalue weighted by Crippen LogP contribution is -2.38. The lowest BCUT2D eigenvalue weighted by atomic mass is 10.2. The highest BCUT2D eigenvalue weighted by molar-refractivity contribution is 7.89. The van der Waals surface area contributed by atoms with Gasteiger partial charge in [-0.2, -0.15) is 13.2 Å². The van der Waals surface area contributed by atoms with Crippen molar-refractivity contribution >= 4 is 27.0 Å². The van der Waals surface area contributed by atoms with E-state index in [1.54, 1.807) is 17.0 Å². The highest BCUT2D eigenvalue weighted by Gasteiger charge is 2.32. The van der Waals surface area contributed by atoms with Gasteiger partial charge in [-0.25, -0.2) is 17.7 Å². The van der Waals surface area contributed by atoms with E-state index in [4.69, 9.17) is 0 Å². The molecule has 1 aromatic heterocycles. The summed E-state index contributed by atoms with van der Waals surface area (Å²) in [5.41, 5.74) is 1.33. The number of carbonyl (C=O) groups excluding carboxylic acids is 1. The first-order valence-corrected chi connectivity index (χ1v) is 12.3. The summed E-state index contributed by atoms with van der Waals surface area (Å²) in [5.74, 6) is 0.559. The van der Waals surface area contributed by atoms with Gasteiger partial charge in [0.2, 0.25) is 15.9 Å². The van der Waals surface area contributed by atoms with Crippen molar-refractivity contribution in [2.75, 3.05) is 46.8 Å². The fraction of sp³-hybridized carbons (Fsp3) is 0.619. The Balaban J connectivity index is 1.70. The van der Waals surface area contributed by atoms with E-state index in [-0.39, 0.29) is 30.3 Å². The molecule has 1 fully saturated rings. The number of amides is 1. The van der Waals surface area contributed by atoms with E-state index in [1.807, 2.05) is 11.5 Å². The van der Waals surface area contributed by atoms with E-state index in [1.165, 1.54) is 25.1 Å². The zero-order valence-corrected chi connectivity index (χ0v) is 19.9. The van der Waals surface area contributed by atoms with Gasteiger partial charge in [0, 0.05) is 59.7 Å². The first kappa shape index (κ1) is 25.4. The van der Waals surface area contributed by atoms with Crippen molar-refractivity contribution in [1.82, 2.24) is 23.7 Å². The number of hydrogen-bond donors (Lipinski definition) is 0. The third-order valence-electron chi connectivity index (χ3n) is 5.80. The number of rotatable bonds is 7. The van der Waals surface area contributed by atoms with Crippen molar-refractivity contribution in [3.8, 4) is 0 Å². The number of halogens is 3. The summed E-state index contributed by atoms with van der Waals surface area (Å²) >= 11 is 0. The molecule has 0 atom stereocenters. The number of fused-ring (bicyclic) bond motifs is 1. The van der Waals surface area contributed by atoms with Crippen molar-refractivity contribution in [2.24, 2.45) is 0 Å². The summed E-state index contributed by atoms with van der Waals surface area (Å²) in [4.78, 5) is 20.4. The fourth-order valence-corrected chi connectivity index (χ4v) is 5.01. The molecule has 1 aromatic carbocycles. The molecule has 0 bridgehead atoms. The summed E-state index contributed by atoms with van der Waals surface area (Å²) in [5, 5.41) is 0. The fourth-order valence-electron chi connectivity index (χ4n) is 4.08. The van der Waals surface area contributed by atoms with E-state index in [0.29, 0.717) is 43.8 Å². The Kier molecular flexibility index (Phi) is 7.69. The summed E-state index contributed by atoms with van der Waals surface area (Å²) in [6.07, 6.45) is -3.20. The maximum Gasteiger partial charge on any atom is 0.401 e. The quantitative estimate of drug-likeness (QED) is 0.597. The number of aryl methyl sites for hydroxylation is 2. The number of aromatic nitrogens is 2. The van der Waals surface area contributed by atoms with Crippen LogP contribution in [0.4, 0.5) is 13.2 Å². The minimum Gasteiger partial charge on any atom is -0.341 e. The number of hydrogen-bond acceptors (Lipinski definition) is 5. The second kappa shape index (κ2) is 9.98. The van der Waals surface area contributed by atoms with Gasteiger partial charge in [-0.1, -0.05) is 0 Å². The number of alkyl halides is 3. The van der Waals surface area contributed by atoms with Crippen LogP contribution >= 0.6 is 0 Å². The lowest BCUT2D eigenvalue weighted by Gasteiger charge is -2.22. The minimum atomic E-state index is -4.25. The van der Waals surface area contributed by atoms with Gasteiger partial charge in [0.15, 0.2) is 0 Å². The standard InChI is InChI=1S/C21H30F3N5O3S/c1-4-29-18-7-6-16(33(31,32)26(2)3)14-17(18)25-19(29)8-9-20(30)28-11-5-10-27(12-13-28)15-21(22,23)24/h6-7,14H,4-5,8-13,15H2,1-3H3. The molecule has 8 nitrogen and oxygen atoms in total. The van der Waals surface area contributed by atoms with Gasteiger partial charge >= 0.3 is 6.18 Å². The Labute approximate surface area is 192 Å². The van der Waals surface area contributed by atoms with Crippen LogP contribution < -0.4 is 0 Å². The van der Waals surface area contributed by atoms with Crippen LogP contribution in [0.25, 0.3) is 11.0 Å². The third-order valence-corrected chi connectivity index (χ3v) is 7.61. The molecular weight excluding hydrogens is 459 g/mol. The predicted molar refractivity (Wildman–Crippen MR) is 118 cm³/mol. The van der Waals surface area contributed by atoms with E-state index >= 15 is 0 Å². The molecule has 0 radical (unpaired) electrons. The maximum absolute atomic E-state index is 12.8. The molecule has 12 heteroatoms. The highest BCUT2D eigenvalue weighted by Crippen LogP contribution is 2.23. The van der Waals surface area contributed by atoms with Gasteiger partial charge in [0.1, 0.15) is 5.82 Å². The molecule has 184 valence electrons. The van der Waals surface area contributed by atoms with E-state index in [9.17, 15) is 26.4 Å². The summed E-state index contributed by atoms with van der Waals surface area (Å²) in [6, 6.07) is 4.80. The molecule has 1 aliphatic heterocycles. The SMILES string of the molecule is CCn1c(CCC(=O)N2CCCN(CC(F)(F)F)CC2)nc2cc(S(=O)(=O)N(C)C)ccc21. The summed E-state index contributed by atoms with van der Waals surface area (Å²) in [7, 11) is -0.660. The zero-order chi connectivity index (χ0) is 24.4. The van der Waals surface area contributed by atoms with Crippen molar-refractivity contribution in [1.29, 1.82) is 0 Å². The largest absolute Gasteiger partial charge is 0.401 e. The van der Waals surface area contributed by atoms with Crippen LogP contribution in [0.5, 0.6) is 0 Å². The van der Waals surface area contributed by atoms with E-state index in [0.717, 1.165) is 9.82 Å². The van der Waals surface area contributed by atoms with Crippen molar-refractivity contribution < 1.29 is 26.4 Å². The second-order valence-corrected chi connectivity index (χ2v) is 10.5. The highest BCUT2D eigenvalue weighted by atomic mass is 32.2. The maximum atomic E-state index is 12.8. The van der Waals surface area contributed by atoms with Crippen molar-refractivity contribution in [3.05, 3.63) is 24.0 Å². The first-order valence-electron chi connectivity index (χ1n) is 10.9. The van der Waals surface area contributed by atoms with Crippen LogP contribution in [0.2, 0.25) is 0 Å². The summed E-state index contributed by atoms with van der Waals surface area (Å²) < 4.78 is 65.9. The molecular formula is C21H30F3N5O3S. The molecule has 2 heterocycles. The molecule has 0 N–H and O–H groups in total. The van der Waals surface area contributed by atoms with Crippen LogP contribution in [-0.2, 0) is 27.8 Å². The molecule has 0 spiro atoms. The van der Waals surface area contributed by atoms with E-state index in [2.05, 4.69) is 4.98 Å². The van der Waals surface area contributed by atoms with Gasteiger partial charge in [-0.05, 0) is 31.5 Å². The monoisotopic (exact) mass is 489 g/mol. The smallest absolute Gasteiger partial charge is 0.341 e.